The zero-order valence-corrected chi connectivity index (χ0v) is 18.2. The minimum Gasteiger partial charge on any atom is -0.454 e. The molecule has 3 aromatic rings. The lowest BCUT2D eigenvalue weighted by molar-refractivity contribution is -0.274. The van der Waals surface area contributed by atoms with Crippen molar-refractivity contribution in [2.75, 3.05) is 36.4 Å². The van der Waals surface area contributed by atoms with Crippen molar-refractivity contribution in [2.24, 2.45) is 0 Å². The Morgan fingerprint density at radius 1 is 1.03 bits per heavy atom. The second-order valence-corrected chi connectivity index (χ2v) is 8.07. The van der Waals surface area contributed by atoms with Gasteiger partial charge in [-0.3, -0.25) is 4.79 Å². The fraction of sp³-hybridized carbons (Fsp3) is 0.250. The summed E-state index contributed by atoms with van der Waals surface area (Å²) in [7, 11) is 0. The molecule has 2 N–H and O–H groups in total. The third kappa shape index (κ3) is 4.49. The number of fused-ring (bicyclic) bond motifs is 2. The molecule has 1 aromatic heterocycles. The van der Waals surface area contributed by atoms with Gasteiger partial charge in [-0.15, -0.1) is 13.2 Å². The van der Waals surface area contributed by atoms with Gasteiger partial charge in [-0.1, -0.05) is 6.07 Å². The number of alkyl halides is 3. The Bertz CT molecular complexity index is 1260. The second-order valence-electron chi connectivity index (χ2n) is 8.07. The number of amides is 1. The lowest BCUT2D eigenvalue weighted by Crippen LogP contribution is -2.43. The molecule has 34 heavy (non-hydrogen) atoms. The molecule has 0 bridgehead atoms. The lowest BCUT2D eigenvalue weighted by Gasteiger charge is -2.28. The molecule has 0 radical (unpaired) electrons. The first-order valence-corrected chi connectivity index (χ1v) is 10.7. The number of hydrogen-bond donors (Lipinski definition) is 2. The van der Waals surface area contributed by atoms with Crippen molar-refractivity contribution in [1.29, 1.82) is 0 Å². The molecule has 0 aliphatic carbocycles. The predicted octanol–water partition coefficient (Wildman–Crippen LogP) is 4.72. The maximum absolute atomic E-state index is 13.0. The monoisotopic (exact) mass is 470 g/mol. The van der Waals surface area contributed by atoms with Gasteiger partial charge in [0.2, 0.25) is 0 Å². The van der Waals surface area contributed by atoms with E-state index in [0.717, 1.165) is 49.2 Å². The molecule has 2 aliphatic heterocycles. The van der Waals surface area contributed by atoms with Gasteiger partial charge in [-0.2, -0.15) is 0 Å². The van der Waals surface area contributed by atoms with Crippen molar-refractivity contribution >= 4 is 17.4 Å². The summed E-state index contributed by atoms with van der Waals surface area (Å²) in [5.41, 5.74) is 2.27. The normalized spacial score (nSPS) is 15.5. The number of carbonyl (C=O) groups is 1. The van der Waals surface area contributed by atoms with Crippen molar-refractivity contribution < 1.29 is 27.4 Å². The van der Waals surface area contributed by atoms with Crippen LogP contribution in [0.1, 0.15) is 15.9 Å². The minimum atomic E-state index is -4.85. The Morgan fingerprint density at radius 2 is 1.79 bits per heavy atom. The van der Waals surface area contributed by atoms with Crippen LogP contribution in [0.25, 0.3) is 11.1 Å². The van der Waals surface area contributed by atoms with E-state index in [1.54, 1.807) is 18.3 Å². The Morgan fingerprint density at radius 3 is 2.56 bits per heavy atom. The SMILES string of the molecule is Cc1cc2c(cc1OC(F)(F)F)NC(=O)c1cc(-c3ccnc(N4CCNCC4)c3)ccc1O2. The lowest BCUT2D eigenvalue weighted by atomic mass is 10.0. The second kappa shape index (κ2) is 8.53. The standard InChI is InChI=1S/C24H21F3N4O3/c1-14-10-21-18(13-20(14)34-24(25,26)27)30-23(32)17-11-15(2-3-19(17)33-21)16-4-5-29-22(12-16)31-8-6-28-7-9-31/h2-5,10-13,28H,6-9H2,1H3,(H,30,32). The van der Waals surface area contributed by atoms with Crippen molar-refractivity contribution in [3.63, 3.8) is 0 Å². The molecule has 5 rings (SSSR count). The molecule has 2 aliphatic rings. The van der Waals surface area contributed by atoms with Crippen LogP contribution in [0.4, 0.5) is 24.7 Å². The molecular weight excluding hydrogens is 449 g/mol. The first kappa shape index (κ1) is 22.0. The number of halogens is 3. The van der Waals surface area contributed by atoms with Crippen LogP contribution in [0.2, 0.25) is 0 Å². The van der Waals surface area contributed by atoms with Gasteiger partial charge in [-0.05, 0) is 53.9 Å². The molecule has 0 saturated carbocycles. The predicted molar refractivity (Wildman–Crippen MR) is 121 cm³/mol. The van der Waals surface area contributed by atoms with E-state index in [-0.39, 0.29) is 22.6 Å². The summed E-state index contributed by atoms with van der Waals surface area (Å²) in [6.45, 7) is 4.96. The number of benzene rings is 2. The highest BCUT2D eigenvalue weighted by molar-refractivity contribution is 6.08. The molecule has 176 valence electrons. The maximum atomic E-state index is 13.0. The number of aromatic nitrogens is 1. The molecule has 0 atom stereocenters. The third-order valence-electron chi connectivity index (χ3n) is 5.71. The molecule has 1 saturated heterocycles. The number of aryl methyl sites for hydroxylation is 1. The van der Waals surface area contributed by atoms with E-state index in [0.29, 0.717) is 5.75 Å². The highest BCUT2D eigenvalue weighted by Gasteiger charge is 2.33. The number of nitrogens with zero attached hydrogens (tertiary/aromatic N) is 2. The van der Waals surface area contributed by atoms with Gasteiger partial charge >= 0.3 is 6.36 Å². The highest BCUT2D eigenvalue weighted by Crippen LogP contribution is 2.41. The summed E-state index contributed by atoms with van der Waals surface area (Å²) < 4.78 is 48.2. The molecule has 0 spiro atoms. The molecule has 0 unspecified atom stereocenters. The van der Waals surface area contributed by atoms with Crippen LogP contribution in [-0.2, 0) is 0 Å². The molecule has 2 aromatic carbocycles. The minimum absolute atomic E-state index is 0.0949. The largest absolute Gasteiger partial charge is 0.573 e. The van der Waals surface area contributed by atoms with Crippen molar-refractivity contribution in [3.8, 4) is 28.4 Å². The number of pyridine rings is 1. The molecule has 3 heterocycles. The van der Waals surface area contributed by atoms with E-state index in [4.69, 9.17) is 4.74 Å². The molecule has 1 amide bonds. The van der Waals surface area contributed by atoms with E-state index in [2.05, 4.69) is 25.3 Å². The first-order chi connectivity index (χ1) is 16.3. The van der Waals surface area contributed by atoms with Gasteiger partial charge in [-0.25, -0.2) is 4.98 Å². The van der Waals surface area contributed by atoms with Crippen LogP contribution in [0.5, 0.6) is 17.2 Å². The Labute approximate surface area is 193 Å². The van der Waals surface area contributed by atoms with E-state index >= 15 is 0 Å². The third-order valence-corrected chi connectivity index (χ3v) is 5.71. The average Bonchev–Trinajstić information content (AvgIpc) is 2.94. The van der Waals surface area contributed by atoms with Crippen molar-refractivity contribution in [3.05, 3.63) is 59.8 Å². The average molecular weight is 470 g/mol. The van der Waals surface area contributed by atoms with Gasteiger partial charge in [0.25, 0.3) is 5.91 Å². The smallest absolute Gasteiger partial charge is 0.454 e. The fourth-order valence-corrected chi connectivity index (χ4v) is 4.03. The van der Waals surface area contributed by atoms with E-state index < -0.39 is 18.0 Å². The zero-order chi connectivity index (χ0) is 23.9. The zero-order valence-electron chi connectivity index (χ0n) is 18.2. The Balaban J connectivity index is 1.46. The van der Waals surface area contributed by atoms with Gasteiger partial charge < -0.3 is 25.0 Å². The fourth-order valence-electron chi connectivity index (χ4n) is 4.03. The van der Waals surface area contributed by atoms with E-state index in [1.807, 2.05) is 18.2 Å². The topological polar surface area (TPSA) is 75.7 Å². The summed E-state index contributed by atoms with van der Waals surface area (Å²) in [6, 6.07) is 11.6. The quantitative estimate of drug-likeness (QED) is 0.577. The molecule has 10 heteroatoms. The van der Waals surface area contributed by atoms with Gasteiger partial charge in [0.15, 0.2) is 5.75 Å². The Hall–Kier alpha value is -3.79. The van der Waals surface area contributed by atoms with E-state index in [1.165, 1.54) is 13.0 Å². The number of hydrogen-bond acceptors (Lipinski definition) is 6. The highest BCUT2D eigenvalue weighted by atomic mass is 19.4. The summed E-state index contributed by atoms with van der Waals surface area (Å²) in [4.78, 5) is 19.6. The first-order valence-electron chi connectivity index (χ1n) is 10.7. The van der Waals surface area contributed by atoms with Crippen LogP contribution in [0, 0.1) is 6.92 Å². The number of nitrogens with one attached hydrogen (secondary N) is 2. The van der Waals surface area contributed by atoms with Crippen LogP contribution < -0.4 is 25.0 Å². The summed E-state index contributed by atoms with van der Waals surface area (Å²) in [5, 5.41) is 5.94. The van der Waals surface area contributed by atoms with E-state index in [9.17, 15) is 18.0 Å². The molecular formula is C24H21F3N4O3. The van der Waals surface area contributed by atoms with Gasteiger partial charge in [0.1, 0.15) is 17.3 Å². The number of anilines is 2. The van der Waals surface area contributed by atoms with Gasteiger partial charge in [0.05, 0.1) is 11.3 Å². The van der Waals surface area contributed by atoms with Crippen molar-refractivity contribution in [2.45, 2.75) is 13.3 Å². The van der Waals surface area contributed by atoms with Gasteiger partial charge in [0, 0.05) is 38.4 Å². The number of rotatable bonds is 3. The summed E-state index contributed by atoms with van der Waals surface area (Å²) in [5.74, 6) is 0.500. The summed E-state index contributed by atoms with van der Waals surface area (Å²) >= 11 is 0. The van der Waals surface area contributed by atoms with Crippen LogP contribution in [-0.4, -0.2) is 43.4 Å². The number of piperazine rings is 1. The maximum Gasteiger partial charge on any atom is 0.573 e. The van der Waals surface area contributed by atoms with Crippen LogP contribution in [0.3, 0.4) is 0 Å². The Kier molecular flexibility index (Phi) is 5.52. The molecule has 7 nitrogen and oxygen atoms in total. The van der Waals surface area contributed by atoms with Crippen LogP contribution >= 0.6 is 0 Å². The van der Waals surface area contributed by atoms with Crippen LogP contribution in [0.15, 0.2) is 48.7 Å². The molecule has 1 fully saturated rings. The van der Waals surface area contributed by atoms with Crippen molar-refractivity contribution in [1.82, 2.24) is 10.3 Å². The summed E-state index contributed by atoms with van der Waals surface area (Å²) in [6.07, 6.45) is -3.11. The number of ether oxygens (including phenoxy) is 2. The number of carbonyl (C=O) groups excluding carboxylic acids is 1.